The van der Waals surface area contributed by atoms with Crippen LogP contribution >= 0.6 is 0 Å². The predicted molar refractivity (Wildman–Crippen MR) is 39.8 cm³/mol. The Morgan fingerprint density at radius 3 is 3.18 bits per heavy atom. The lowest BCUT2D eigenvalue weighted by molar-refractivity contribution is 0.475. The quantitative estimate of drug-likeness (QED) is 0.613. The maximum Gasteiger partial charge on any atom is 0.150 e. The molecule has 0 aromatic heterocycles. The van der Waals surface area contributed by atoms with Gasteiger partial charge in [-0.15, -0.1) is 0 Å². The van der Waals surface area contributed by atoms with Crippen LogP contribution in [0.25, 0.3) is 0 Å². The molecule has 0 spiro atoms. The number of nitrogens with one attached hydrogen (secondary N) is 1. The van der Waals surface area contributed by atoms with Crippen molar-refractivity contribution in [2.45, 2.75) is 0 Å². The molecule has 0 amide bonds. The van der Waals surface area contributed by atoms with Gasteiger partial charge in [0.2, 0.25) is 0 Å². The highest BCUT2D eigenvalue weighted by atomic mass is 19.1. The Balaban J connectivity index is 2.48. The molecular weight excluding hydrogens is 145 g/mol. The zero-order valence-electron chi connectivity index (χ0n) is 5.67. The van der Waals surface area contributed by atoms with Crippen molar-refractivity contribution in [3.05, 3.63) is 36.5 Å². The largest absolute Gasteiger partial charge is 0.461 e. The van der Waals surface area contributed by atoms with Crippen LogP contribution in [0.1, 0.15) is 0 Å². The van der Waals surface area contributed by atoms with E-state index >= 15 is 0 Å². The molecule has 0 saturated heterocycles. The molecule has 0 aliphatic carbocycles. The second-order valence-corrected chi connectivity index (χ2v) is 2.21. The fourth-order valence-electron chi connectivity index (χ4n) is 0.949. The van der Waals surface area contributed by atoms with Crippen LogP contribution in [-0.2, 0) is 0 Å². The highest BCUT2D eigenvalue weighted by Gasteiger charge is 2.05. The summed E-state index contributed by atoms with van der Waals surface area (Å²) in [5.41, 5.74) is 0.660. The first-order valence-electron chi connectivity index (χ1n) is 3.24. The highest BCUT2D eigenvalue weighted by molar-refractivity contribution is 5.59. The third-order valence-electron chi connectivity index (χ3n) is 1.44. The second kappa shape index (κ2) is 2.27. The van der Waals surface area contributed by atoms with Crippen molar-refractivity contribution in [2.75, 3.05) is 5.32 Å². The zero-order chi connectivity index (χ0) is 7.68. The van der Waals surface area contributed by atoms with Gasteiger partial charge in [0, 0.05) is 12.3 Å². The molecule has 11 heavy (non-hydrogen) atoms. The lowest BCUT2D eigenvalue weighted by atomic mass is 10.3. The molecule has 0 bridgehead atoms. The molecule has 0 saturated carbocycles. The lowest BCUT2D eigenvalue weighted by Crippen LogP contribution is -1.99. The van der Waals surface area contributed by atoms with E-state index in [-0.39, 0.29) is 5.82 Å². The Kier molecular flexibility index (Phi) is 1.28. The molecule has 2 nitrogen and oxygen atoms in total. The molecule has 1 aliphatic rings. The summed E-state index contributed by atoms with van der Waals surface area (Å²) >= 11 is 0. The Bertz CT molecular complexity index is 309. The van der Waals surface area contributed by atoms with Crippen LogP contribution in [0.5, 0.6) is 5.75 Å². The van der Waals surface area contributed by atoms with Crippen LogP contribution in [0.2, 0.25) is 0 Å². The van der Waals surface area contributed by atoms with E-state index in [9.17, 15) is 4.39 Å². The zero-order valence-corrected chi connectivity index (χ0v) is 5.67. The smallest absolute Gasteiger partial charge is 0.150 e. The summed E-state index contributed by atoms with van der Waals surface area (Å²) in [5.74, 6) is 0.379. The van der Waals surface area contributed by atoms with Crippen LogP contribution in [0.15, 0.2) is 30.7 Å². The van der Waals surface area contributed by atoms with Crippen molar-refractivity contribution >= 4 is 5.69 Å². The van der Waals surface area contributed by atoms with Gasteiger partial charge in [-0.25, -0.2) is 4.39 Å². The van der Waals surface area contributed by atoms with E-state index in [2.05, 4.69) is 5.32 Å². The maximum absolute atomic E-state index is 12.6. The van der Waals surface area contributed by atoms with Gasteiger partial charge in [0.25, 0.3) is 0 Å². The van der Waals surface area contributed by atoms with Crippen molar-refractivity contribution in [3.8, 4) is 5.75 Å². The number of rotatable bonds is 0. The highest BCUT2D eigenvalue weighted by Crippen LogP contribution is 2.27. The van der Waals surface area contributed by atoms with Crippen LogP contribution in [0, 0.1) is 5.82 Å². The van der Waals surface area contributed by atoms with Crippen molar-refractivity contribution < 1.29 is 9.13 Å². The summed E-state index contributed by atoms with van der Waals surface area (Å²) in [5, 5.41) is 2.86. The predicted octanol–water partition coefficient (Wildman–Crippen LogP) is 2.10. The Morgan fingerprint density at radius 1 is 1.36 bits per heavy atom. The molecular formula is C8H6FNO. The second-order valence-electron chi connectivity index (χ2n) is 2.21. The number of benzene rings is 1. The van der Waals surface area contributed by atoms with Crippen molar-refractivity contribution in [3.63, 3.8) is 0 Å². The van der Waals surface area contributed by atoms with Crippen molar-refractivity contribution in [2.24, 2.45) is 0 Å². The summed E-state index contributed by atoms with van der Waals surface area (Å²) in [7, 11) is 0. The summed E-state index contributed by atoms with van der Waals surface area (Å²) in [6, 6.07) is 4.33. The molecule has 1 heterocycles. The van der Waals surface area contributed by atoms with E-state index in [0.717, 1.165) is 0 Å². The molecule has 1 aromatic carbocycles. The molecule has 3 heteroatoms. The van der Waals surface area contributed by atoms with Gasteiger partial charge in [0.1, 0.15) is 17.8 Å². The number of ether oxygens (including phenoxy) is 1. The summed E-state index contributed by atoms with van der Waals surface area (Å²) < 4.78 is 17.6. The van der Waals surface area contributed by atoms with Crippen LogP contribution < -0.4 is 10.1 Å². The summed E-state index contributed by atoms with van der Waals surface area (Å²) in [4.78, 5) is 0. The van der Waals surface area contributed by atoms with Gasteiger partial charge in [-0.05, 0) is 12.1 Å². The SMILES string of the molecule is Fc1ccc2c(c1)NC=CO2. The van der Waals surface area contributed by atoms with Gasteiger partial charge in [-0.1, -0.05) is 0 Å². The Morgan fingerprint density at radius 2 is 2.27 bits per heavy atom. The van der Waals surface area contributed by atoms with Crippen molar-refractivity contribution in [1.29, 1.82) is 0 Å². The molecule has 0 fully saturated rings. The van der Waals surface area contributed by atoms with E-state index in [1.54, 1.807) is 12.3 Å². The average molecular weight is 151 g/mol. The molecule has 2 rings (SSSR count). The van der Waals surface area contributed by atoms with Gasteiger partial charge in [0.05, 0.1) is 5.69 Å². The molecule has 0 radical (unpaired) electrons. The fraction of sp³-hybridized carbons (Fsp3) is 0. The number of hydrogen-bond acceptors (Lipinski definition) is 2. The van der Waals surface area contributed by atoms with Crippen LogP contribution in [-0.4, -0.2) is 0 Å². The molecule has 1 aliphatic heterocycles. The van der Waals surface area contributed by atoms with E-state index in [1.165, 1.54) is 18.4 Å². The fourth-order valence-corrected chi connectivity index (χ4v) is 0.949. The Labute approximate surface area is 63.3 Å². The van der Waals surface area contributed by atoms with Crippen molar-refractivity contribution in [1.82, 2.24) is 0 Å². The minimum Gasteiger partial charge on any atom is -0.461 e. The number of anilines is 1. The number of halogens is 1. The maximum atomic E-state index is 12.6. The van der Waals surface area contributed by atoms with E-state index in [0.29, 0.717) is 11.4 Å². The van der Waals surface area contributed by atoms with E-state index < -0.39 is 0 Å². The van der Waals surface area contributed by atoms with E-state index in [4.69, 9.17) is 4.74 Å². The van der Waals surface area contributed by atoms with Gasteiger partial charge in [-0.2, -0.15) is 0 Å². The van der Waals surface area contributed by atoms with Crippen LogP contribution in [0.3, 0.4) is 0 Å². The van der Waals surface area contributed by atoms with Crippen LogP contribution in [0.4, 0.5) is 10.1 Å². The summed E-state index contributed by atoms with van der Waals surface area (Å²) in [6.07, 6.45) is 3.13. The Hall–Kier alpha value is -1.51. The monoisotopic (exact) mass is 151 g/mol. The molecule has 1 N–H and O–H groups in total. The third kappa shape index (κ3) is 1.05. The normalized spacial score (nSPS) is 13.2. The first-order chi connectivity index (χ1) is 5.36. The number of hydrogen-bond donors (Lipinski definition) is 1. The minimum atomic E-state index is -0.268. The van der Waals surface area contributed by atoms with Gasteiger partial charge >= 0.3 is 0 Å². The molecule has 0 unspecified atom stereocenters. The minimum absolute atomic E-state index is 0.268. The molecule has 0 atom stereocenters. The first kappa shape index (κ1) is 6.22. The summed E-state index contributed by atoms with van der Waals surface area (Å²) in [6.45, 7) is 0. The molecule has 1 aromatic rings. The first-order valence-corrected chi connectivity index (χ1v) is 3.24. The topological polar surface area (TPSA) is 21.3 Å². The standard InChI is InChI=1S/C8H6FNO/c9-6-1-2-8-7(5-6)10-3-4-11-8/h1-5,10H. The van der Waals surface area contributed by atoms with Gasteiger partial charge < -0.3 is 10.1 Å². The van der Waals surface area contributed by atoms with Gasteiger partial charge in [0.15, 0.2) is 0 Å². The van der Waals surface area contributed by atoms with E-state index in [1.807, 2.05) is 0 Å². The molecule has 56 valence electrons. The average Bonchev–Trinajstić information content (AvgIpc) is 2.04. The lowest BCUT2D eigenvalue weighted by Gasteiger charge is -2.12. The van der Waals surface area contributed by atoms with Gasteiger partial charge in [-0.3, -0.25) is 0 Å². The third-order valence-corrected chi connectivity index (χ3v) is 1.44. The number of fused-ring (bicyclic) bond motifs is 1.